The molecule has 0 saturated heterocycles. The first-order valence-corrected chi connectivity index (χ1v) is 6.38. The maximum Gasteiger partial charge on any atom is 0.0345 e. The first-order valence-electron chi connectivity index (χ1n) is 6.38. The molecule has 0 bridgehead atoms. The Hall–Kier alpha value is -1.02. The molecule has 0 aromatic heterocycles. The van der Waals surface area contributed by atoms with Crippen LogP contribution in [0.15, 0.2) is 18.2 Å². The molecular formula is C14H22N2. The maximum absolute atomic E-state index is 3.57. The fourth-order valence-electron chi connectivity index (χ4n) is 2.36. The lowest BCUT2D eigenvalue weighted by Crippen LogP contribution is -2.24. The third-order valence-corrected chi connectivity index (χ3v) is 3.23. The van der Waals surface area contributed by atoms with Crippen LogP contribution in [0.25, 0.3) is 0 Å². The molecule has 2 heteroatoms. The normalized spacial score (nSPS) is 16.6. The van der Waals surface area contributed by atoms with Crippen molar-refractivity contribution in [3.05, 3.63) is 29.3 Å². The summed E-state index contributed by atoms with van der Waals surface area (Å²) >= 11 is 0. The first kappa shape index (κ1) is 11.5. The summed E-state index contributed by atoms with van der Waals surface area (Å²) in [6.07, 6.45) is 3.64. The van der Waals surface area contributed by atoms with Crippen molar-refractivity contribution in [2.75, 3.05) is 11.9 Å². The SMILES string of the molecule is CCCC(C)Nc1ccc2c(c1)CNCC2. The van der Waals surface area contributed by atoms with Gasteiger partial charge in [-0.25, -0.2) is 0 Å². The lowest BCUT2D eigenvalue weighted by molar-refractivity contribution is 0.643. The van der Waals surface area contributed by atoms with E-state index in [9.17, 15) is 0 Å². The largest absolute Gasteiger partial charge is 0.383 e. The van der Waals surface area contributed by atoms with E-state index in [4.69, 9.17) is 0 Å². The van der Waals surface area contributed by atoms with E-state index in [1.807, 2.05) is 0 Å². The molecule has 0 fully saturated rings. The highest BCUT2D eigenvalue weighted by Crippen LogP contribution is 2.20. The van der Waals surface area contributed by atoms with Crippen molar-refractivity contribution in [3.63, 3.8) is 0 Å². The Morgan fingerprint density at radius 2 is 2.25 bits per heavy atom. The molecule has 0 amide bonds. The quantitative estimate of drug-likeness (QED) is 0.812. The van der Waals surface area contributed by atoms with Crippen LogP contribution in [0.1, 0.15) is 37.8 Å². The van der Waals surface area contributed by atoms with Crippen LogP contribution in [0.2, 0.25) is 0 Å². The van der Waals surface area contributed by atoms with Gasteiger partial charge in [-0.15, -0.1) is 0 Å². The van der Waals surface area contributed by atoms with Crippen molar-refractivity contribution in [1.82, 2.24) is 5.32 Å². The lowest BCUT2D eigenvalue weighted by Gasteiger charge is -2.20. The van der Waals surface area contributed by atoms with E-state index in [1.165, 1.54) is 36.1 Å². The van der Waals surface area contributed by atoms with Gasteiger partial charge in [0.1, 0.15) is 0 Å². The van der Waals surface area contributed by atoms with Gasteiger partial charge in [-0.2, -0.15) is 0 Å². The highest BCUT2D eigenvalue weighted by Gasteiger charge is 2.09. The topological polar surface area (TPSA) is 24.1 Å². The second-order valence-electron chi connectivity index (χ2n) is 4.74. The molecule has 1 aromatic carbocycles. The van der Waals surface area contributed by atoms with E-state index in [0.29, 0.717) is 6.04 Å². The van der Waals surface area contributed by atoms with Gasteiger partial charge in [-0.05, 0) is 49.6 Å². The van der Waals surface area contributed by atoms with Gasteiger partial charge in [0.2, 0.25) is 0 Å². The highest BCUT2D eigenvalue weighted by molar-refractivity contribution is 5.49. The number of nitrogens with one attached hydrogen (secondary N) is 2. The van der Waals surface area contributed by atoms with Gasteiger partial charge in [-0.3, -0.25) is 0 Å². The van der Waals surface area contributed by atoms with Crippen molar-refractivity contribution in [3.8, 4) is 0 Å². The third kappa shape index (κ3) is 2.76. The van der Waals surface area contributed by atoms with Crippen LogP contribution in [0, 0.1) is 0 Å². The molecule has 1 aliphatic heterocycles. The maximum atomic E-state index is 3.57. The number of benzene rings is 1. The highest BCUT2D eigenvalue weighted by atomic mass is 14.9. The number of hydrogen-bond acceptors (Lipinski definition) is 2. The van der Waals surface area contributed by atoms with E-state index in [-0.39, 0.29) is 0 Å². The number of hydrogen-bond donors (Lipinski definition) is 2. The molecule has 1 heterocycles. The Morgan fingerprint density at radius 1 is 1.38 bits per heavy atom. The second kappa shape index (κ2) is 5.35. The molecule has 0 radical (unpaired) electrons. The molecule has 88 valence electrons. The summed E-state index contributed by atoms with van der Waals surface area (Å²) in [6, 6.07) is 7.36. The summed E-state index contributed by atoms with van der Waals surface area (Å²) in [4.78, 5) is 0. The van der Waals surface area contributed by atoms with Crippen molar-refractivity contribution in [1.29, 1.82) is 0 Å². The Balaban J connectivity index is 2.05. The van der Waals surface area contributed by atoms with Crippen LogP contribution in [0.3, 0.4) is 0 Å². The number of anilines is 1. The molecule has 2 nitrogen and oxygen atoms in total. The number of fused-ring (bicyclic) bond motifs is 1. The van der Waals surface area contributed by atoms with Crippen molar-refractivity contribution in [2.45, 2.75) is 45.7 Å². The molecule has 1 aromatic rings. The summed E-state index contributed by atoms with van der Waals surface area (Å²) in [7, 11) is 0. The van der Waals surface area contributed by atoms with Gasteiger partial charge in [0.05, 0.1) is 0 Å². The Morgan fingerprint density at radius 3 is 3.06 bits per heavy atom. The summed E-state index contributed by atoms with van der Waals surface area (Å²) in [5.74, 6) is 0. The molecule has 0 saturated carbocycles. The van der Waals surface area contributed by atoms with Gasteiger partial charge in [0.25, 0.3) is 0 Å². The van der Waals surface area contributed by atoms with Crippen molar-refractivity contribution < 1.29 is 0 Å². The zero-order valence-electron chi connectivity index (χ0n) is 10.3. The predicted molar refractivity (Wildman–Crippen MR) is 69.8 cm³/mol. The van der Waals surface area contributed by atoms with Gasteiger partial charge in [0, 0.05) is 18.3 Å². The fourth-order valence-corrected chi connectivity index (χ4v) is 2.36. The van der Waals surface area contributed by atoms with E-state index in [0.717, 1.165) is 13.1 Å². The van der Waals surface area contributed by atoms with Crippen LogP contribution in [-0.2, 0) is 13.0 Å². The summed E-state index contributed by atoms with van der Waals surface area (Å²) in [5, 5.41) is 6.98. The van der Waals surface area contributed by atoms with Gasteiger partial charge >= 0.3 is 0 Å². The zero-order chi connectivity index (χ0) is 11.4. The molecule has 0 aliphatic carbocycles. The average Bonchev–Trinajstić information content (AvgIpc) is 2.29. The zero-order valence-corrected chi connectivity index (χ0v) is 10.3. The second-order valence-corrected chi connectivity index (χ2v) is 4.74. The van der Waals surface area contributed by atoms with Crippen LogP contribution < -0.4 is 10.6 Å². The van der Waals surface area contributed by atoms with Crippen molar-refractivity contribution in [2.24, 2.45) is 0 Å². The van der Waals surface area contributed by atoms with Crippen LogP contribution in [0.4, 0.5) is 5.69 Å². The molecule has 16 heavy (non-hydrogen) atoms. The fraction of sp³-hybridized carbons (Fsp3) is 0.571. The minimum atomic E-state index is 0.569. The van der Waals surface area contributed by atoms with Gasteiger partial charge < -0.3 is 10.6 Å². The standard InChI is InChI=1S/C14H22N2/c1-3-4-11(2)16-14-6-5-12-7-8-15-10-13(12)9-14/h5-6,9,11,15-16H,3-4,7-8,10H2,1-2H3. The predicted octanol–water partition coefficient (Wildman–Crippen LogP) is 2.93. The summed E-state index contributed by atoms with van der Waals surface area (Å²) < 4.78 is 0. The number of rotatable bonds is 4. The summed E-state index contributed by atoms with van der Waals surface area (Å²) in [5.41, 5.74) is 4.23. The molecule has 1 atom stereocenters. The molecular weight excluding hydrogens is 196 g/mol. The Bertz CT molecular complexity index is 347. The smallest absolute Gasteiger partial charge is 0.0345 e. The molecule has 0 spiro atoms. The molecule has 2 N–H and O–H groups in total. The van der Waals surface area contributed by atoms with Gasteiger partial charge in [-0.1, -0.05) is 19.4 Å². The van der Waals surface area contributed by atoms with Crippen LogP contribution in [-0.4, -0.2) is 12.6 Å². The molecule has 1 aliphatic rings. The van der Waals surface area contributed by atoms with E-state index in [2.05, 4.69) is 42.7 Å². The first-order chi connectivity index (χ1) is 7.79. The minimum absolute atomic E-state index is 0.569. The van der Waals surface area contributed by atoms with Crippen LogP contribution in [0.5, 0.6) is 0 Å². The third-order valence-electron chi connectivity index (χ3n) is 3.23. The molecule has 2 rings (SSSR count). The lowest BCUT2D eigenvalue weighted by atomic mass is 10.0. The Labute approximate surface area is 98.4 Å². The summed E-state index contributed by atoms with van der Waals surface area (Å²) in [6.45, 7) is 6.62. The average molecular weight is 218 g/mol. The Kier molecular flexibility index (Phi) is 3.83. The molecule has 1 unspecified atom stereocenters. The van der Waals surface area contributed by atoms with E-state index >= 15 is 0 Å². The van der Waals surface area contributed by atoms with E-state index in [1.54, 1.807) is 0 Å². The van der Waals surface area contributed by atoms with Crippen molar-refractivity contribution >= 4 is 5.69 Å². The monoisotopic (exact) mass is 218 g/mol. The van der Waals surface area contributed by atoms with Crippen LogP contribution >= 0.6 is 0 Å². The van der Waals surface area contributed by atoms with Gasteiger partial charge in [0.15, 0.2) is 0 Å². The minimum Gasteiger partial charge on any atom is -0.383 e. The van der Waals surface area contributed by atoms with E-state index < -0.39 is 0 Å².